The van der Waals surface area contributed by atoms with Crippen LogP contribution >= 0.6 is 0 Å². The predicted molar refractivity (Wildman–Crippen MR) is 103 cm³/mol. The number of benzene rings is 1. The lowest BCUT2D eigenvalue weighted by atomic mass is 10.0. The molecule has 2 aromatic rings. The van der Waals surface area contributed by atoms with Gasteiger partial charge in [0, 0.05) is 35.1 Å². The zero-order valence-electron chi connectivity index (χ0n) is 16.5. The van der Waals surface area contributed by atoms with Gasteiger partial charge in [-0.15, -0.1) is 0 Å². The number of likely N-dealkylation sites (N-methyl/N-ethyl adjacent to an activating group) is 1. The fraction of sp³-hybridized carbons (Fsp3) is 0.476. The van der Waals surface area contributed by atoms with Gasteiger partial charge in [0.2, 0.25) is 0 Å². The number of aryl methyl sites for hydroxylation is 1. The van der Waals surface area contributed by atoms with E-state index in [-0.39, 0.29) is 5.60 Å². The smallest absolute Gasteiger partial charge is 0.130 e. The summed E-state index contributed by atoms with van der Waals surface area (Å²) in [5, 5.41) is 0. The van der Waals surface area contributed by atoms with E-state index >= 15 is 0 Å². The van der Waals surface area contributed by atoms with E-state index in [2.05, 4.69) is 43.0 Å². The highest BCUT2D eigenvalue weighted by molar-refractivity contribution is 5.73. The number of nitrogens with zero attached hydrogens (tertiary/aromatic N) is 2. The second kappa shape index (κ2) is 7.87. The van der Waals surface area contributed by atoms with Crippen LogP contribution in [-0.4, -0.2) is 42.2 Å². The summed E-state index contributed by atoms with van der Waals surface area (Å²) in [5.41, 5.74) is 2.85. The number of ether oxygens (including phenoxy) is 2. The molecule has 0 radical (unpaired) electrons. The van der Waals surface area contributed by atoms with E-state index in [4.69, 9.17) is 9.47 Å². The molecule has 0 amide bonds. The Kier molecular flexibility index (Phi) is 6.07. The van der Waals surface area contributed by atoms with E-state index in [1.165, 1.54) is 0 Å². The Balaban J connectivity index is 2.39. The SMILES string of the molecule is Cc1ncccc1-c1ccc(OC(C)(C)C)cc1OCC(C)N(C)C. The third-order valence-corrected chi connectivity index (χ3v) is 4.04. The zero-order valence-corrected chi connectivity index (χ0v) is 16.5. The maximum Gasteiger partial charge on any atom is 0.130 e. The van der Waals surface area contributed by atoms with E-state index < -0.39 is 0 Å². The second-order valence-electron chi connectivity index (χ2n) is 7.63. The van der Waals surface area contributed by atoms with Crippen LogP contribution in [0.4, 0.5) is 0 Å². The monoisotopic (exact) mass is 342 g/mol. The lowest BCUT2D eigenvalue weighted by molar-refractivity contribution is 0.130. The molecule has 1 aromatic heterocycles. The first-order valence-electron chi connectivity index (χ1n) is 8.71. The summed E-state index contributed by atoms with van der Waals surface area (Å²) in [6.45, 7) is 10.9. The molecule has 1 unspecified atom stereocenters. The van der Waals surface area contributed by atoms with Gasteiger partial charge in [0.25, 0.3) is 0 Å². The predicted octanol–water partition coefficient (Wildman–Crippen LogP) is 4.56. The van der Waals surface area contributed by atoms with E-state index in [1.54, 1.807) is 0 Å². The summed E-state index contributed by atoms with van der Waals surface area (Å²) >= 11 is 0. The maximum atomic E-state index is 6.18. The fourth-order valence-corrected chi connectivity index (χ4v) is 2.39. The molecule has 1 atom stereocenters. The van der Waals surface area contributed by atoms with Crippen molar-refractivity contribution >= 4 is 0 Å². The van der Waals surface area contributed by atoms with Crippen molar-refractivity contribution in [2.75, 3.05) is 20.7 Å². The number of hydrogen-bond acceptors (Lipinski definition) is 4. The van der Waals surface area contributed by atoms with Crippen LogP contribution in [0.1, 0.15) is 33.4 Å². The van der Waals surface area contributed by atoms with Gasteiger partial charge < -0.3 is 14.4 Å². The van der Waals surface area contributed by atoms with Gasteiger partial charge in [-0.25, -0.2) is 0 Å². The molecule has 4 nitrogen and oxygen atoms in total. The summed E-state index contributed by atoms with van der Waals surface area (Å²) in [4.78, 5) is 6.55. The van der Waals surface area contributed by atoms with Gasteiger partial charge in [0.05, 0.1) is 0 Å². The summed E-state index contributed by atoms with van der Waals surface area (Å²) in [7, 11) is 4.11. The molecule has 0 spiro atoms. The minimum absolute atomic E-state index is 0.250. The molecule has 1 aromatic carbocycles. The Morgan fingerprint density at radius 2 is 1.84 bits per heavy atom. The minimum Gasteiger partial charge on any atom is -0.491 e. The lowest BCUT2D eigenvalue weighted by Crippen LogP contribution is -2.30. The van der Waals surface area contributed by atoms with Crippen LogP contribution in [0.5, 0.6) is 11.5 Å². The topological polar surface area (TPSA) is 34.6 Å². The molecule has 0 aliphatic rings. The highest BCUT2D eigenvalue weighted by atomic mass is 16.5. The third-order valence-electron chi connectivity index (χ3n) is 4.04. The molecule has 0 aliphatic heterocycles. The highest BCUT2D eigenvalue weighted by Crippen LogP contribution is 2.35. The van der Waals surface area contributed by atoms with Gasteiger partial charge >= 0.3 is 0 Å². The van der Waals surface area contributed by atoms with Crippen LogP contribution in [0.25, 0.3) is 11.1 Å². The van der Waals surface area contributed by atoms with Crippen molar-refractivity contribution in [3.63, 3.8) is 0 Å². The Morgan fingerprint density at radius 3 is 2.44 bits per heavy atom. The van der Waals surface area contributed by atoms with Gasteiger partial charge in [-0.2, -0.15) is 0 Å². The van der Waals surface area contributed by atoms with Crippen LogP contribution < -0.4 is 9.47 Å². The molecule has 0 fully saturated rings. The molecule has 136 valence electrons. The van der Waals surface area contributed by atoms with Crippen molar-refractivity contribution in [2.45, 2.75) is 46.3 Å². The first-order chi connectivity index (χ1) is 11.7. The molecule has 0 bridgehead atoms. The molecule has 0 N–H and O–H groups in total. The number of hydrogen-bond donors (Lipinski definition) is 0. The molecule has 0 aliphatic carbocycles. The van der Waals surface area contributed by atoms with E-state index in [9.17, 15) is 0 Å². The number of aromatic nitrogens is 1. The van der Waals surface area contributed by atoms with Crippen molar-refractivity contribution in [1.82, 2.24) is 9.88 Å². The average Bonchev–Trinajstić information content (AvgIpc) is 2.52. The first kappa shape index (κ1) is 19.3. The number of pyridine rings is 1. The largest absolute Gasteiger partial charge is 0.491 e. The molecule has 4 heteroatoms. The summed E-state index contributed by atoms with van der Waals surface area (Å²) in [5.74, 6) is 1.64. The van der Waals surface area contributed by atoms with Gasteiger partial charge in [-0.05, 0) is 66.9 Å². The highest BCUT2D eigenvalue weighted by Gasteiger charge is 2.16. The zero-order chi connectivity index (χ0) is 18.6. The Morgan fingerprint density at radius 1 is 1.12 bits per heavy atom. The average molecular weight is 342 g/mol. The molecule has 1 heterocycles. The molecule has 2 rings (SSSR count). The standard InChI is InChI=1S/C21H30N2O2/c1-15(23(6)7)14-24-20-13-17(25-21(3,4)5)10-11-19(20)18-9-8-12-22-16(18)2/h8-13,15H,14H2,1-7H3. The Bertz CT molecular complexity index is 705. The van der Waals surface area contributed by atoms with Gasteiger partial charge in [0.15, 0.2) is 0 Å². The van der Waals surface area contributed by atoms with Crippen molar-refractivity contribution < 1.29 is 9.47 Å². The summed E-state index contributed by atoms with van der Waals surface area (Å²) in [6, 6.07) is 10.4. The Hall–Kier alpha value is -2.07. The molecule has 25 heavy (non-hydrogen) atoms. The maximum absolute atomic E-state index is 6.18. The normalized spacial score (nSPS) is 13.0. The molecule has 0 saturated carbocycles. The summed E-state index contributed by atoms with van der Waals surface area (Å²) in [6.07, 6.45) is 1.81. The van der Waals surface area contributed by atoms with E-state index in [0.29, 0.717) is 12.6 Å². The fourth-order valence-electron chi connectivity index (χ4n) is 2.39. The summed E-state index contributed by atoms with van der Waals surface area (Å²) < 4.78 is 12.2. The van der Waals surface area contributed by atoms with E-state index in [0.717, 1.165) is 28.3 Å². The molecular formula is C21H30N2O2. The number of rotatable bonds is 6. The van der Waals surface area contributed by atoms with Gasteiger partial charge in [0.1, 0.15) is 23.7 Å². The third kappa shape index (κ3) is 5.46. The van der Waals surface area contributed by atoms with Crippen LogP contribution in [0.3, 0.4) is 0 Å². The molecule has 0 saturated heterocycles. The van der Waals surface area contributed by atoms with Gasteiger partial charge in [-0.1, -0.05) is 6.07 Å². The first-order valence-corrected chi connectivity index (χ1v) is 8.71. The lowest BCUT2D eigenvalue weighted by Gasteiger charge is -2.24. The van der Waals surface area contributed by atoms with Crippen LogP contribution in [0, 0.1) is 6.92 Å². The van der Waals surface area contributed by atoms with Gasteiger partial charge in [-0.3, -0.25) is 4.98 Å². The van der Waals surface area contributed by atoms with Crippen molar-refractivity contribution in [3.8, 4) is 22.6 Å². The van der Waals surface area contributed by atoms with Crippen LogP contribution in [0.15, 0.2) is 36.5 Å². The van der Waals surface area contributed by atoms with Crippen molar-refractivity contribution in [2.24, 2.45) is 0 Å². The second-order valence-corrected chi connectivity index (χ2v) is 7.63. The van der Waals surface area contributed by atoms with Crippen LogP contribution in [-0.2, 0) is 0 Å². The minimum atomic E-state index is -0.250. The van der Waals surface area contributed by atoms with Crippen molar-refractivity contribution in [1.29, 1.82) is 0 Å². The van der Waals surface area contributed by atoms with Crippen LogP contribution in [0.2, 0.25) is 0 Å². The van der Waals surface area contributed by atoms with Crippen molar-refractivity contribution in [3.05, 3.63) is 42.2 Å². The Labute approximate surface area is 151 Å². The molecular weight excluding hydrogens is 312 g/mol. The quantitative estimate of drug-likeness (QED) is 0.770. The van der Waals surface area contributed by atoms with E-state index in [1.807, 2.05) is 52.1 Å².